The quantitative estimate of drug-likeness (QED) is 0.598. The Bertz CT molecular complexity index is 1000. The third-order valence-corrected chi connectivity index (χ3v) is 5.90. The second-order valence-electron chi connectivity index (χ2n) is 8.71. The number of amides is 2. The van der Waals surface area contributed by atoms with E-state index in [0.29, 0.717) is 34.9 Å². The Kier molecular flexibility index (Phi) is 7.34. The lowest BCUT2D eigenvalue weighted by molar-refractivity contribution is 0.0951. The number of carbonyl (C=O) groups is 2. The van der Waals surface area contributed by atoms with Crippen molar-refractivity contribution in [3.05, 3.63) is 47.5 Å². The van der Waals surface area contributed by atoms with Gasteiger partial charge in [0.05, 0.1) is 5.56 Å². The fraction of sp³-hybridized carbons (Fsp3) is 0.440. The van der Waals surface area contributed by atoms with Crippen molar-refractivity contribution in [2.24, 2.45) is 0 Å². The predicted octanol–water partition coefficient (Wildman–Crippen LogP) is 3.34. The van der Waals surface area contributed by atoms with Gasteiger partial charge >= 0.3 is 0 Å². The van der Waals surface area contributed by atoms with Gasteiger partial charge < -0.3 is 29.9 Å². The summed E-state index contributed by atoms with van der Waals surface area (Å²) in [7, 11) is 4.03. The van der Waals surface area contributed by atoms with Crippen molar-refractivity contribution in [2.45, 2.75) is 25.7 Å². The van der Waals surface area contributed by atoms with E-state index in [1.54, 1.807) is 24.3 Å². The maximum absolute atomic E-state index is 13.1. The summed E-state index contributed by atoms with van der Waals surface area (Å²) >= 11 is 0. The van der Waals surface area contributed by atoms with Crippen LogP contribution in [0.25, 0.3) is 0 Å². The van der Waals surface area contributed by atoms with Gasteiger partial charge in [-0.15, -0.1) is 0 Å². The molecule has 1 saturated heterocycles. The molecule has 176 valence electrons. The standard InChI is InChI=1S/C25H32N4O4/c1-28(2)12-6-11-26-25(31)20-16-19(8-9-21(20)29-13-4-3-5-14-29)27-24(30)18-7-10-22-23(15-18)33-17-32-22/h7-10,15-16H,3-6,11-14,17H2,1-2H3,(H,26,31)(H,27,30). The van der Waals surface area contributed by atoms with Crippen molar-refractivity contribution in [3.8, 4) is 11.5 Å². The molecule has 0 aromatic heterocycles. The highest BCUT2D eigenvalue weighted by molar-refractivity contribution is 6.06. The largest absolute Gasteiger partial charge is 0.454 e. The molecule has 33 heavy (non-hydrogen) atoms. The van der Waals surface area contributed by atoms with Crippen molar-refractivity contribution < 1.29 is 19.1 Å². The summed E-state index contributed by atoms with van der Waals surface area (Å²) in [6.07, 6.45) is 4.32. The third kappa shape index (κ3) is 5.76. The Labute approximate surface area is 194 Å². The van der Waals surface area contributed by atoms with E-state index in [0.717, 1.165) is 44.6 Å². The van der Waals surface area contributed by atoms with Crippen LogP contribution in [-0.4, -0.2) is 63.8 Å². The zero-order valence-corrected chi connectivity index (χ0v) is 19.4. The van der Waals surface area contributed by atoms with Gasteiger partial charge in [-0.1, -0.05) is 0 Å². The van der Waals surface area contributed by atoms with E-state index >= 15 is 0 Å². The molecule has 0 radical (unpaired) electrons. The van der Waals surface area contributed by atoms with E-state index in [2.05, 4.69) is 20.4 Å². The number of ether oxygens (including phenoxy) is 2. The van der Waals surface area contributed by atoms with Crippen LogP contribution >= 0.6 is 0 Å². The molecule has 2 aliphatic rings. The predicted molar refractivity (Wildman–Crippen MR) is 129 cm³/mol. The second kappa shape index (κ2) is 10.6. The smallest absolute Gasteiger partial charge is 0.255 e. The number of anilines is 2. The van der Waals surface area contributed by atoms with Crippen LogP contribution in [0.5, 0.6) is 11.5 Å². The summed E-state index contributed by atoms with van der Waals surface area (Å²) in [5.74, 6) is 0.802. The van der Waals surface area contributed by atoms with Crippen molar-refractivity contribution in [2.75, 3.05) is 57.3 Å². The minimum absolute atomic E-state index is 0.117. The SMILES string of the molecule is CN(C)CCCNC(=O)c1cc(NC(=O)c2ccc3c(c2)OCO3)ccc1N1CCCCC1. The number of hydrogen-bond acceptors (Lipinski definition) is 6. The van der Waals surface area contributed by atoms with Crippen LogP contribution < -0.4 is 25.0 Å². The molecule has 2 heterocycles. The number of piperidine rings is 1. The number of nitrogens with one attached hydrogen (secondary N) is 2. The highest BCUT2D eigenvalue weighted by Crippen LogP contribution is 2.33. The molecule has 8 nitrogen and oxygen atoms in total. The van der Waals surface area contributed by atoms with Gasteiger partial charge in [-0.2, -0.15) is 0 Å². The first-order valence-electron chi connectivity index (χ1n) is 11.5. The van der Waals surface area contributed by atoms with Crippen LogP contribution in [0, 0.1) is 0 Å². The molecule has 2 aromatic carbocycles. The first-order valence-corrected chi connectivity index (χ1v) is 11.5. The molecule has 2 aliphatic heterocycles. The number of benzene rings is 2. The summed E-state index contributed by atoms with van der Waals surface area (Å²) in [4.78, 5) is 30.3. The van der Waals surface area contributed by atoms with Crippen molar-refractivity contribution in [1.29, 1.82) is 0 Å². The molecule has 0 spiro atoms. The van der Waals surface area contributed by atoms with Crippen LogP contribution in [0.2, 0.25) is 0 Å². The molecular formula is C25H32N4O4. The van der Waals surface area contributed by atoms with Crippen LogP contribution in [0.15, 0.2) is 36.4 Å². The van der Waals surface area contributed by atoms with Crippen molar-refractivity contribution in [1.82, 2.24) is 10.2 Å². The summed E-state index contributed by atoms with van der Waals surface area (Å²) in [6.45, 7) is 3.54. The van der Waals surface area contributed by atoms with Gasteiger partial charge in [-0.3, -0.25) is 9.59 Å². The van der Waals surface area contributed by atoms with E-state index in [9.17, 15) is 9.59 Å². The van der Waals surface area contributed by atoms with Gasteiger partial charge in [0.25, 0.3) is 11.8 Å². The highest BCUT2D eigenvalue weighted by Gasteiger charge is 2.21. The molecule has 0 unspecified atom stereocenters. The van der Waals surface area contributed by atoms with Crippen LogP contribution in [0.1, 0.15) is 46.4 Å². The topological polar surface area (TPSA) is 83.1 Å². The molecule has 4 rings (SSSR count). The molecule has 0 bridgehead atoms. The van der Waals surface area contributed by atoms with Crippen LogP contribution in [0.3, 0.4) is 0 Å². The third-order valence-electron chi connectivity index (χ3n) is 5.90. The fourth-order valence-corrected chi connectivity index (χ4v) is 4.14. The van der Waals surface area contributed by atoms with E-state index in [1.807, 2.05) is 26.2 Å². The van der Waals surface area contributed by atoms with Gasteiger partial charge in [0.1, 0.15) is 0 Å². The minimum atomic E-state index is -0.267. The Morgan fingerprint density at radius 3 is 2.55 bits per heavy atom. The Hall–Kier alpha value is -3.26. The second-order valence-corrected chi connectivity index (χ2v) is 8.71. The number of hydrogen-bond donors (Lipinski definition) is 2. The summed E-state index contributed by atoms with van der Waals surface area (Å²) in [5.41, 5.74) is 2.55. The van der Waals surface area contributed by atoms with Gasteiger partial charge in [-0.05, 0) is 82.7 Å². The van der Waals surface area contributed by atoms with E-state index < -0.39 is 0 Å². The zero-order chi connectivity index (χ0) is 23.2. The van der Waals surface area contributed by atoms with Gasteiger partial charge in [0, 0.05) is 36.6 Å². The Morgan fingerprint density at radius 1 is 0.970 bits per heavy atom. The monoisotopic (exact) mass is 452 g/mol. The average molecular weight is 453 g/mol. The lowest BCUT2D eigenvalue weighted by Crippen LogP contribution is -2.33. The average Bonchev–Trinajstić information content (AvgIpc) is 3.30. The van der Waals surface area contributed by atoms with E-state index in [-0.39, 0.29) is 18.6 Å². The van der Waals surface area contributed by atoms with E-state index in [4.69, 9.17) is 9.47 Å². The first-order chi connectivity index (χ1) is 16.0. The maximum Gasteiger partial charge on any atom is 0.255 e. The normalized spacial score (nSPS) is 14.9. The van der Waals surface area contributed by atoms with Crippen molar-refractivity contribution >= 4 is 23.2 Å². The maximum atomic E-state index is 13.1. The minimum Gasteiger partial charge on any atom is -0.454 e. The summed E-state index contributed by atoms with van der Waals surface area (Å²) in [5, 5.41) is 5.96. The van der Waals surface area contributed by atoms with Crippen LogP contribution in [-0.2, 0) is 0 Å². The lowest BCUT2D eigenvalue weighted by Gasteiger charge is -2.30. The highest BCUT2D eigenvalue weighted by atomic mass is 16.7. The molecule has 0 saturated carbocycles. The Balaban J connectivity index is 1.51. The van der Waals surface area contributed by atoms with Gasteiger partial charge in [0.2, 0.25) is 6.79 Å². The number of nitrogens with zero attached hydrogens (tertiary/aromatic N) is 2. The molecular weight excluding hydrogens is 420 g/mol. The molecule has 8 heteroatoms. The molecule has 2 amide bonds. The summed E-state index contributed by atoms with van der Waals surface area (Å²) < 4.78 is 10.7. The summed E-state index contributed by atoms with van der Waals surface area (Å²) in [6, 6.07) is 10.7. The molecule has 1 fully saturated rings. The molecule has 0 atom stereocenters. The molecule has 2 aromatic rings. The first kappa shape index (κ1) is 22.9. The van der Waals surface area contributed by atoms with E-state index in [1.165, 1.54) is 6.42 Å². The fourth-order valence-electron chi connectivity index (χ4n) is 4.14. The lowest BCUT2D eigenvalue weighted by atomic mass is 10.1. The van der Waals surface area contributed by atoms with Crippen LogP contribution in [0.4, 0.5) is 11.4 Å². The molecule has 0 aliphatic carbocycles. The number of fused-ring (bicyclic) bond motifs is 1. The van der Waals surface area contributed by atoms with Gasteiger partial charge in [-0.25, -0.2) is 0 Å². The number of carbonyl (C=O) groups excluding carboxylic acids is 2. The van der Waals surface area contributed by atoms with Crippen molar-refractivity contribution in [3.63, 3.8) is 0 Å². The number of rotatable bonds is 8. The Morgan fingerprint density at radius 2 is 1.76 bits per heavy atom. The zero-order valence-electron chi connectivity index (χ0n) is 19.4. The molecule has 2 N–H and O–H groups in total. The van der Waals surface area contributed by atoms with Gasteiger partial charge in [0.15, 0.2) is 11.5 Å².